The van der Waals surface area contributed by atoms with E-state index >= 15 is 0 Å². The molecule has 0 bridgehead atoms. The lowest BCUT2D eigenvalue weighted by atomic mass is 10.00. The van der Waals surface area contributed by atoms with Gasteiger partial charge in [-0.15, -0.1) is 24.8 Å². The predicted octanol–water partition coefficient (Wildman–Crippen LogP) is 2.63. The number of imidazole rings is 1. The van der Waals surface area contributed by atoms with E-state index in [0.29, 0.717) is 30.3 Å². The standard InChI is InChI=1S/C19H25N5O2.2ClH/c1-14-11-17(5-7-21-14)23-19(26)15-3-2-4-16(12-15)22-18(25)6-9-24-10-8-20-13-24;;/h2-4,8,10,12-14,17,21H,5-7,9,11H2,1H3,(H,22,25)(H,23,26);2*1H. The van der Waals surface area contributed by atoms with E-state index in [2.05, 4.69) is 27.9 Å². The van der Waals surface area contributed by atoms with Crippen molar-refractivity contribution >= 4 is 42.3 Å². The fraction of sp³-hybridized carbons (Fsp3) is 0.421. The third-order valence-corrected chi connectivity index (χ3v) is 4.52. The molecule has 154 valence electrons. The molecule has 7 nitrogen and oxygen atoms in total. The normalized spacial score (nSPS) is 18.3. The van der Waals surface area contributed by atoms with Crippen molar-refractivity contribution in [1.29, 1.82) is 0 Å². The lowest BCUT2D eigenvalue weighted by Crippen LogP contribution is -2.46. The Morgan fingerprint density at radius 1 is 1.32 bits per heavy atom. The number of hydrogen-bond acceptors (Lipinski definition) is 4. The summed E-state index contributed by atoms with van der Waals surface area (Å²) < 4.78 is 1.85. The average Bonchev–Trinajstić information content (AvgIpc) is 3.14. The van der Waals surface area contributed by atoms with E-state index in [0.717, 1.165) is 19.4 Å². The van der Waals surface area contributed by atoms with Crippen LogP contribution in [0.4, 0.5) is 5.69 Å². The van der Waals surface area contributed by atoms with Gasteiger partial charge in [-0.25, -0.2) is 4.98 Å². The van der Waals surface area contributed by atoms with Gasteiger partial charge in [0.2, 0.25) is 5.91 Å². The first-order chi connectivity index (χ1) is 12.6. The number of piperidine rings is 1. The fourth-order valence-electron chi connectivity index (χ4n) is 3.14. The zero-order chi connectivity index (χ0) is 18.4. The van der Waals surface area contributed by atoms with Crippen molar-refractivity contribution in [3.63, 3.8) is 0 Å². The van der Waals surface area contributed by atoms with Crippen LogP contribution >= 0.6 is 24.8 Å². The Bertz CT molecular complexity index is 755. The highest BCUT2D eigenvalue weighted by atomic mass is 35.5. The summed E-state index contributed by atoms with van der Waals surface area (Å²) in [5.74, 6) is -0.193. The third kappa shape index (κ3) is 7.14. The molecule has 2 amide bonds. The summed E-state index contributed by atoms with van der Waals surface area (Å²) in [6.07, 6.45) is 7.39. The predicted molar refractivity (Wildman–Crippen MR) is 114 cm³/mol. The zero-order valence-corrected chi connectivity index (χ0v) is 17.4. The first kappa shape index (κ1) is 23.9. The molecule has 28 heavy (non-hydrogen) atoms. The first-order valence-corrected chi connectivity index (χ1v) is 9.00. The average molecular weight is 428 g/mol. The van der Waals surface area contributed by atoms with Crippen LogP contribution in [0.1, 0.15) is 36.5 Å². The first-order valence-electron chi connectivity index (χ1n) is 9.00. The minimum Gasteiger partial charge on any atom is -0.349 e. The van der Waals surface area contributed by atoms with Crippen LogP contribution in [0.25, 0.3) is 0 Å². The molecule has 9 heteroatoms. The summed E-state index contributed by atoms with van der Waals surface area (Å²) in [6, 6.07) is 7.65. The highest BCUT2D eigenvalue weighted by Crippen LogP contribution is 2.13. The molecule has 3 rings (SSSR count). The van der Waals surface area contributed by atoms with Crippen LogP contribution in [0.15, 0.2) is 43.0 Å². The fourth-order valence-corrected chi connectivity index (χ4v) is 3.14. The molecule has 3 N–H and O–H groups in total. The number of rotatable bonds is 6. The second kappa shape index (κ2) is 11.7. The number of aromatic nitrogens is 2. The van der Waals surface area contributed by atoms with Gasteiger partial charge in [-0.05, 0) is 44.5 Å². The Hall–Kier alpha value is -2.09. The number of nitrogens with zero attached hydrogens (tertiary/aromatic N) is 2. The lowest BCUT2D eigenvalue weighted by molar-refractivity contribution is -0.116. The molecule has 2 heterocycles. The number of aryl methyl sites for hydroxylation is 1. The largest absolute Gasteiger partial charge is 0.349 e. The smallest absolute Gasteiger partial charge is 0.251 e. The molecule has 2 unspecified atom stereocenters. The SMILES string of the molecule is CC1CC(NC(=O)c2cccc(NC(=O)CCn3ccnc3)c2)CCN1.Cl.Cl. The van der Waals surface area contributed by atoms with Gasteiger partial charge in [0.25, 0.3) is 5.91 Å². The Kier molecular flexibility index (Phi) is 9.99. The second-order valence-electron chi connectivity index (χ2n) is 6.73. The van der Waals surface area contributed by atoms with E-state index in [1.165, 1.54) is 0 Å². The maximum Gasteiger partial charge on any atom is 0.251 e. The molecule has 0 spiro atoms. The lowest BCUT2D eigenvalue weighted by Gasteiger charge is -2.28. The third-order valence-electron chi connectivity index (χ3n) is 4.52. The molecular weight excluding hydrogens is 401 g/mol. The van der Waals surface area contributed by atoms with E-state index in [1.807, 2.05) is 10.8 Å². The topological polar surface area (TPSA) is 88.1 Å². The van der Waals surface area contributed by atoms with Gasteiger partial charge in [0, 0.05) is 48.7 Å². The van der Waals surface area contributed by atoms with E-state index in [9.17, 15) is 9.59 Å². The highest BCUT2D eigenvalue weighted by molar-refractivity contribution is 5.97. The molecule has 2 aromatic rings. The minimum absolute atomic E-state index is 0. The van der Waals surface area contributed by atoms with Crippen LogP contribution in [-0.4, -0.2) is 40.0 Å². The molecule has 0 saturated carbocycles. The molecule has 1 aliphatic rings. The van der Waals surface area contributed by atoms with Crippen LogP contribution in [0.2, 0.25) is 0 Å². The Morgan fingerprint density at radius 2 is 2.14 bits per heavy atom. The number of carbonyl (C=O) groups excluding carboxylic acids is 2. The van der Waals surface area contributed by atoms with E-state index in [-0.39, 0.29) is 42.7 Å². The van der Waals surface area contributed by atoms with Crippen LogP contribution in [0.5, 0.6) is 0 Å². The van der Waals surface area contributed by atoms with Crippen molar-refractivity contribution in [3.8, 4) is 0 Å². The Labute approximate surface area is 177 Å². The summed E-state index contributed by atoms with van der Waals surface area (Å²) >= 11 is 0. The highest BCUT2D eigenvalue weighted by Gasteiger charge is 2.20. The molecule has 1 aromatic carbocycles. The number of anilines is 1. The summed E-state index contributed by atoms with van der Waals surface area (Å²) in [7, 11) is 0. The number of benzene rings is 1. The summed E-state index contributed by atoms with van der Waals surface area (Å²) in [5, 5.41) is 9.31. The number of nitrogens with one attached hydrogen (secondary N) is 3. The Balaban J connectivity index is 0.00000196. The second-order valence-corrected chi connectivity index (χ2v) is 6.73. The van der Waals surface area contributed by atoms with Crippen molar-refractivity contribution in [2.24, 2.45) is 0 Å². The summed E-state index contributed by atoms with van der Waals surface area (Å²) in [5.41, 5.74) is 1.19. The Morgan fingerprint density at radius 3 is 2.86 bits per heavy atom. The van der Waals surface area contributed by atoms with Crippen molar-refractivity contribution in [2.45, 2.75) is 44.8 Å². The summed E-state index contributed by atoms with van der Waals surface area (Å²) in [4.78, 5) is 28.5. The van der Waals surface area contributed by atoms with Crippen LogP contribution in [-0.2, 0) is 11.3 Å². The molecule has 1 fully saturated rings. The number of hydrogen-bond donors (Lipinski definition) is 3. The van der Waals surface area contributed by atoms with Crippen LogP contribution < -0.4 is 16.0 Å². The van der Waals surface area contributed by atoms with Gasteiger partial charge in [-0.3, -0.25) is 9.59 Å². The van der Waals surface area contributed by atoms with Gasteiger partial charge in [-0.1, -0.05) is 6.07 Å². The van der Waals surface area contributed by atoms with Gasteiger partial charge in [-0.2, -0.15) is 0 Å². The monoisotopic (exact) mass is 427 g/mol. The molecule has 2 atom stereocenters. The van der Waals surface area contributed by atoms with Gasteiger partial charge in [0.05, 0.1) is 6.33 Å². The van der Waals surface area contributed by atoms with Gasteiger partial charge < -0.3 is 20.5 Å². The van der Waals surface area contributed by atoms with Crippen LogP contribution in [0.3, 0.4) is 0 Å². The van der Waals surface area contributed by atoms with Crippen molar-refractivity contribution in [3.05, 3.63) is 48.5 Å². The van der Waals surface area contributed by atoms with Gasteiger partial charge >= 0.3 is 0 Å². The number of amides is 2. The minimum atomic E-state index is -0.0985. The van der Waals surface area contributed by atoms with E-state index < -0.39 is 0 Å². The molecule has 0 aliphatic carbocycles. The summed E-state index contributed by atoms with van der Waals surface area (Å²) in [6.45, 7) is 3.61. The molecule has 1 aliphatic heterocycles. The number of halogens is 2. The van der Waals surface area contributed by atoms with Crippen molar-refractivity contribution in [2.75, 3.05) is 11.9 Å². The zero-order valence-electron chi connectivity index (χ0n) is 15.8. The van der Waals surface area contributed by atoms with E-state index in [1.54, 1.807) is 36.8 Å². The van der Waals surface area contributed by atoms with Crippen LogP contribution in [0, 0.1) is 0 Å². The maximum absolute atomic E-state index is 12.5. The van der Waals surface area contributed by atoms with Gasteiger partial charge in [0.1, 0.15) is 0 Å². The van der Waals surface area contributed by atoms with Crippen molar-refractivity contribution < 1.29 is 9.59 Å². The number of carbonyl (C=O) groups is 2. The molecule has 0 radical (unpaired) electrons. The van der Waals surface area contributed by atoms with Gasteiger partial charge in [0.15, 0.2) is 0 Å². The maximum atomic E-state index is 12.5. The van der Waals surface area contributed by atoms with E-state index in [4.69, 9.17) is 0 Å². The molecule has 1 saturated heterocycles. The molecule has 1 aromatic heterocycles. The van der Waals surface area contributed by atoms with Crippen molar-refractivity contribution in [1.82, 2.24) is 20.2 Å². The molecular formula is C19H27Cl2N5O2. The quantitative estimate of drug-likeness (QED) is 0.660.